The minimum absolute atomic E-state index is 0.0880. The fourth-order valence-electron chi connectivity index (χ4n) is 2.14. The van der Waals surface area contributed by atoms with Crippen LogP contribution in [0, 0.1) is 5.92 Å². The van der Waals surface area contributed by atoms with Gasteiger partial charge < -0.3 is 10.3 Å². The molecule has 0 aliphatic carbocycles. The molecule has 1 atom stereocenters. The molecule has 0 aliphatic rings. The Labute approximate surface area is 114 Å². The maximum absolute atomic E-state index is 6.04. The lowest BCUT2D eigenvalue weighted by molar-refractivity contribution is 0.355. The number of aromatic nitrogens is 2. The van der Waals surface area contributed by atoms with Crippen LogP contribution in [0.25, 0.3) is 0 Å². The van der Waals surface area contributed by atoms with Crippen molar-refractivity contribution in [3.05, 3.63) is 47.6 Å². The Balaban J connectivity index is 1.92. The molecule has 2 aromatic rings. The van der Waals surface area contributed by atoms with E-state index in [1.165, 1.54) is 5.56 Å². The third-order valence-corrected chi connectivity index (χ3v) is 2.93. The van der Waals surface area contributed by atoms with Crippen molar-refractivity contribution in [1.29, 1.82) is 0 Å². The summed E-state index contributed by atoms with van der Waals surface area (Å²) in [6, 6.07) is 10.2. The van der Waals surface area contributed by atoms with Crippen molar-refractivity contribution in [3.63, 3.8) is 0 Å². The van der Waals surface area contributed by atoms with Gasteiger partial charge in [0.1, 0.15) is 0 Å². The van der Waals surface area contributed by atoms with Crippen LogP contribution >= 0.6 is 0 Å². The summed E-state index contributed by atoms with van der Waals surface area (Å²) in [5, 5.41) is 4.00. The average molecular weight is 259 g/mol. The van der Waals surface area contributed by atoms with Gasteiger partial charge in [-0.1, -0.05) is 49.3 Å². The number of hydrogen-bond donors (Lipinski definition) is 1. The van der Waals surface area contributed by atoms with E-state index in [4.69, 9.17) is 10.3 Å². The number of nitrogens with two attached hydrogens (primary N) is 1. The van der Waals surface area contributed by atoms with E-state index in [0.29, 0.717) is 24.7 Å². The lowest BCUT2D eigenvalue weighted by Crippen LogP contribution is -2.24. The fourth-order valence-corrected chi connectivity index (χ4v) is 2.14. The van der Waals surface area contributed by atoms with Gasteiger partial charge in [0.2, 0.25) is 5.89 Å². The van der Waals surface area contributed by atoms with Crippen LogP contribution in [0.4, 0.5) is 0 Å². The van der Waals surface area contributed by atoms with Crippen molar-refractivity contribution < 1.29 is 4.52 Å². The van der Waals surface area contributed by atoms with Gasteiger partial charge in [-0.25, -0.2) is 0 Å². The van der Waals surface area contributed by atoms with Gasteiger partial charge in [-0.15, -0.1) is 0 Å². The summed E-state index contributed by atoms with van der Waals surface area (Å²) < 4.78 is 5.25. The normalized spacial score (nSPS) is 12.8. The summed E-state index contributed by atoms with van der Waals surface area (Å²) >= 11 is 0. The smallest absolute Gasteiger partial charge is 0.228 e. The highest BCUT2D eigenvalue weighted by Gasteiger charge is 2.12. The molecule has 0 saturated heterocycles. The van der Waals surface area contributed by atoms with Crippen molar-refractivity contribution in [3.8, 4) is 0 Å². The van der Waals surface area contributed by atoms with Gasteiger partial charge in [0.15, 0.2) is 5.82 Å². The summed E-state index contributed by atoms with van der Waals surface area (Å²) in [6.07, 6.45) is 2.32. The van der Waals surface area contributed by atoms with Gasteiger partial charge in [-0.3, -0.25) is 0 Å². The second-order valence-corrected chi connectivity index (χ2v) is 5.36. The van der Waals surface area contributed by atoms with E-state index in [1.54, 1.807) is 0 Å². The standard InChI is InChI=1S/C15H21N3O/c1-11(2)8-13(16)10-15-17-14(18-19-15)9-12-6-4-3-5-7-12/h3-7,11,13H,8-10,16H2,1-2H3. The summed E-state index contributed by atoms with van der Waals surface area (Å²) in [5.41, 5.74) is 7.22. The molecule has 0 radical (unpaired) electrons. The van der Waals surface area contributed by atoms with E-state index in [9.17, 15) is 0 Å². The van der Waals surface area contributed by atoms with E-state index in [1.807, 2.05) is 18.2 Å². The van der Waals surface area contributed by atoms with Crippen LogP contribution in [0.2, 0.25) is 0 Å². The lowest BCUT2D eigenvalue weighted by atomic mass is 10.0. The van der Waals surface area contributed by atoms with Crippen molar-refractivity contribution in [2.75, 3.05) is 0 Å². The SMILES string of the molecule is CC(C)CC(N)Cc1nc(Cc2ccccc2)no1. The largest absolute Gasteiger partial charge is 0.339 e. The fraction of sp³-hybridized carbons (Fsp3) is 0.467. The van der Waals surface area contributed by atoms with Gasteiger partial charge >= 0.3 is 0 Å². The highest BCUT2D eigenvalue weighted by molar-refractivity contribution is 5.18. The van der Waals surface area contributed by atoms with E-state index < -0.39 is 0 Å². The highest BCUT2D eigenvalue weighted by Crippen LogP contribution is 2.10. The zero-order chi connectivity index (χ0) is 13.7. The lowest BCUT2D eigenvalue weighted by Gasteiger charge is -2.10. The summed E-state index contributed by atoms with van der Waals surface area (Å²) in [7, 11) is 0. The van der Waals surface area contributed by atoms with E-state index >= 15 is 0 Å². The molecule has 0 fully saturated rings. The van der Waals surface area contributed by atoms with Crippen LogP contribution in [0.3, 0.4) is 0 Å². The van der Waals surface area contributed by atoms with Gasteiger partial charge in [-0.2, -0.15) is 4.98 Å². The Hall–Kier alpha value is -1.68. The topological polar surface area (TPSA) is 64.9 Å². The third-order valence-electron chi connectivity index (χ3n) is 2.93. The number of benzene rings is 1. The Kier molecular flexibility index (Phi) is 4.68. The molecule has 1 heterocycles. The number of nitrogens with zero attached hydrogens (tertiary/aromatic N) is 2. The molecule has 4 heteroatoms. The Morgan fingerprint density at radius 1 is 1.21 bits per heavy atom. The minimum atomic E-state index is 0.0880. The number of rotatable bonds is 6. The molecule has 0 saturated carbocycles. The van der Waals surface area contributed by atoms with Gasteiger partial charge in [0.05, 0.1) is 0 Å². The van der Waals surface area contributed by atoms with Crippen molar-refractivity contribution >= 4 is 0 Å². The summed E-state index contributed by atoms with van der Waals surface area (Å²) in [5.74, 6) is 1.94. The predicted molar refractivity (Wildman–Crippen MR) is 74.7 cm³/mol. The van der Waals surface area contributed by atoms with Crippen molar-refractivity contribution in [2.45, 2.75) is 39.2 Å². The van der Waals surface area contributed by atoms with Crippen LogP contribution in [0.5, 0.6) is 0 Å². The molecular weight excluding hydrogens is 238 g/mol. The molecule has 1 aromatic heterocycles. The first-order chi connectivity index (χ1) is 9.13. The average Bonchev–Trinajstić information content (AvgIpc) is 2.76. The molecular formula is C15H21N3O. The molecule has 4 nitrogen and oxygen atoms in total. The molecule has 2 N–H and O–H groups in total. The maximum atomic E-state index is 6.04. The van der Waals surface area contributed by atoms with Crippen LogP contribution < -0.4 is 5.73 Å². The highest BCUT2D eigenvalue weighted by atomic mass is 16.5. The second kappa shape index (κ2) is 6.48. The third kappa shape index (κ3) is 4.48. The van der Waals surface area contributed by atoms with Gasteiger partial charge in [0, 0.05) is 18.9 Å². The van der Waals surface area contributed by atoms with Gasteiger partial charge in [0.25, 0.3) is 0 Å². The zero-order valence-corrected chi connectivity index (χ0v) is 11.5. The first-order valence-electron chi connectivity index (χ1n) is 6.74. The summed E-state index contributed by atoms with van der Waals surface area (Å²) in [6.45, 7) is 4.32. The van der Waals surface area contributed by atoms with Crippen LogP contribution in [0.1, 0.15) is 37.5 Å². The molecule has 1 unspecified atom stereocenters. The molecule has 0 spiro atoms. The monoisotopic (exact) mass is 259 g/mol. The summed E-state index contributed by atoms with van der Waals surface area (Å²) in [4.78, 5) is 4.40. The molecule has 19 heavy (non-hydrogen) atoms. The van der Waals surface area contributed by atoms with E-state index in [0.717, 1.165) is 12.2 Å². The van der Waals surface area contributed by atoms with Crippen molar-refractivity contribution in [2.24, 2.45) is 11.7 Å². The quantitative estimate of drug-likeness (QED) is 0.866. The first-order valence-corrected chi connectivity index (χ1v) is 6.74. The predicted octanol–water partition coefficient (Wildman–Crippen LogP) is 2.58. The molecule has 2 rings (SSSR count). The van der Waals surface area contributed by atoms with Crippen LogP contribution in [0.15, 0.2) is 34.9 Å². The Morgan fingerprint density at radius 3 is 2.63 bits per heavy atom. The molecule has 1 aromatic carbocycles. The van der Waals surface area contributed by atoms with Crippen LogP contribution in [-0.2, 0) is 12.8 Å². The number of hydrogen-bond acceptors (Lipinski definition) is 4. The van der Waals surface area contributed by atoms with Crippen molar-refractivity contribution in [1.82, 2.24) is 10.1 Å². The Bertz CT molecular complexity index is 493. The van der Waals surface area contributed by atoms with Gasteiger partial charge in [-0.05, 0) is 17.9 Å². The van der Waals surface area contributed by atoms with E-state index in [2.05, 4.69) is 36.1 Å². The second-order valence-electron chi connectivity index (χ2n) is 5.36. The molecule has 0 amide bonds. The first kappa shape index (κ1) is 13.7. The molecule has 102 valence electrons. The molecule has 0 bridgehead atoms. The zero-order valence-electron chi connectivity index (χ0n) is 11.5. The minimum Gasteiger partial charge on any atom is -0.339 e. The Morgan fingerprint density at radius 2 is 1.95 bits per heavy atom. The van der Waals surface area contributed by atoms with E-state index in [-0.39, 0.29) is 6.04 Å². The maximum Gasteiger partial charge on any atom is 0.228 e. The van der Waals surface area contributed by atoms with Crippen LogP contribution in [-0.4, -0.2) is 16.2 Å². The molecule has 0 aliphatic heterocycles.